The molecule has 4 heteroatoms. The van der Waals surface area contributed by atoms with Gasteiger partial charge in [0.25, 0.3) is 0 Å². The van der Waals surface area contributed by atoms with E-state index in [1.807, 2.05) is 26.0 Å². The van der Waals surface area contributed by atoms with E-state index in [9.17, 15) is 0 Å². The van der Waals surface area contributed by atoms with E-state index in [2.05, 4.69) is 36.5 Å². The van der Waals surface area contributed by atoms with Crippen molar-refractivity contribution in [3.63, 3.8) is 0 Å². The molecule has 0 saturated carbocycles. The molecule has 0 aliphatic heterocycles. The number of aryl methyl sites for hydroxylation is 1. The third-order valence-corrected chi connectivity index (χ3v) is 3.72. The van der Waals surface area contributed by atoms with Crippen molar-refractivity contribution in [1.82, 2.24) is 5.32 Å². The SMILES string of the molecule is CCOc1cc(CNCc2ccc(C)cc2)cc(Cl)c1OCC. The van der Waals surface area contributed by atoms with Crippen molar-refractivity contribution in [3.8, 4) is 11.5 Å². The van der Waals surface area contributed by atoms with Gasteiger partial charge in [-0.05, 0) is 44.0 Å². The normalized spacial score (nSPS) is 10.6. The zero-order chi connectivity index (χ0) is 16.7. The molecule has 23 heavy (non-hydrogen) atoms. The Balaban J connectivity index is 2.03. The van der Waals surface area contributed by atoms with Crippen LogP contribution in [0.2, 0.25) is 5.02 Å². The summed E-state index contributed by atoms with van der Waals surface area (Å²) in [5, 5.41) is 4.02. The van der Waals surface area contributed by atoms with Crippen molar-refractivity contribution in [2.75, 3.05) is 13.2 Å². The predicted octanol–water partition coefficient (Wildman–Crippen LogP) is 4.74. The molecule has 0 fully saturated rings. The lowest BCUT2D eigenvalue weighted by atomic mass is 10.1. The summed E-state index contributed by atoms with van der Waals surface area (Å²) in [4.78, 5) is 0. The highest BCUT2D eigenvalue weighted by Gasteiger charge is 2.12. The fourth-order valence-electron chi connectivity index (χ4n) is 2.33. The van der Waals surface area contributed by atoms with Crippen LogP contribution in [-0.4, -0.2) is 13.2 Å². The van der Waals surface area contributed by atoms with Crippen molar-refractivity contribution >= 4 is 11.6 Å². The van der Waals surface area contributed by atoms with Crippen LogP contribution in [0.5, 0.6) is 11.5 Å². The number of hydrogen-bond donors (Lipinski definition) is 1. The lowest BCUT2D eigenvalue weighted by molar-refractivity contribution is 0.287. The smallest absolute Gasteiger partial charge is 0.179 e. The number of hydrogen-bond acceptors (Lipinski definition) is 3. The molecular weight excluding hydrogens is 310 g/mol. The van der Waals surface area contributed by atoms with Crippen molar-refractivity contribution in [3.05, 3.63) is 58.1 Å². The zero-order valence-corrected chi connectivity index (χ0v) is 14.7. The first kappa shape index (κ1) is 17.6. The van der Waals surface area contributed by atoms with Crippen molar-refractivity contribution in [2.24, 2.45) is 0 Å². The van der Waals surface area contributed by atoms with Crippen LogP contribution < -0.4 is 14.8 Å². The monoisotopic (exact) mass is 333 g/mol. The summed E-state index contributed by atoms with van der Waals surface area (Å²) < 4.78 is 11.2. The van der Waals surface area contributed by atoms with Gasteiger partial charge in [0.05, 0.1) is 18.2 Å². The molecule has 0 amide bonds. The Hall–Kier alpha value is -1.71. The highest BCUT2D eigenvalue weighted by Crippen LogP contribution is 2.36. The standard InChI is InChI=1S/C19H24ClNO2/c1-4-22-18-11-16(10-17(20)19(18)23-5-2)13-21-12-15-8-6-14(3)7-9-15/h6-11,21H,4-5,12-13H2,1-3H3. The van der Waals surface area contributed by atoms with Gasteiger partial charge < -0.3 is 14.8 Å². The molecule has 0 atom stereocenters. The Morgan fingerprint density at radius 2 is 1.57 bits per heavy atom. The molecule has 3 nitrogen and oxygen atoms in total. The molecule has 0 aromatic heterocycles. The molecule has 0 saturated heterocycles. The predicted molar refractivity (Wildman–Crippen MR) is 95.5 cm³/mol. The molecule has 0 radical (unpaired) electrons. The molecule has 0 bridgehead atoms. The van der Waals surface area contributed by atoms with Gasteiger partial charge in [0, 0.05) is 13.1 Å². The highest BCUT2D eigenvalue weighted by atomic mass is 35.5. The Morgan fingerprint density at radius 3 is 2.22 bits per heavy atom. The fraction of sp³-hybridized carbons (Fsp3) is 0.368. The topological polar surface area (TPSA) is 30.5 Å². The Bertz CT molecular complexity index is 626. The molecule has 124 valence electrons. The van der Waals surface area contributed by atoms with Crippen LogP contribution in [0.1, 0.15) is 30.5 Å². The summed E-state index contributed by atoms with van der Waals surface area (Å²) in [5.74, 6) is 1.33. The molecule has 0 aliphatic carbocycles. The first-order valence-corrected chi connectivity index (χ1v) is 8.36. The largest absolute Gasteiger partial charge is 0.490 e. The van der Waals surface area contributed by atoms with E-state index in [0.29, 0.717) is 29.7 Å². The number of rotatable bonds is 8. The molecule has 1 N–H and O–H groups in total. The number of halogens is 1. The van der Waals surface area contributed by atoms with Gasteiger partial charge >= 0.3 is 0 Å². The first-order chi connectivity index (χ1) is 11.1. The molecule has 2 aromatic rings. The van der Waals surface area contributed by atoms with Crippen LogP contribution in [0.25, 0.3) is 0 Å². The van der Waals surface area contributed by atoms with E-state index in [1.54, 1.807) is 0 Å². The molecule has 0 aliphatic rings. The minimum Gasteiger partial charge on any atom is -0.490 e. The van der Waals surface area contributed by atoms with Gasteiger partial charge in [0.15, 0.2) is 11.5 Å². The summed E-state index contributed by atoms with van der Waals surface area (Å²) in [5.41, 5.74) is 3.61. The van der Waals surface area contributed by atoms with Gasteiger partial charge in [-0.3, -0.25) is 0 Å². The summed E-state index contributed by atoms with van der Waals surface area (Å²) >= 11 is 6.33. The second kappa shape index (κ2) is 8.80. The van der Waals surface area contributed by atoms with Gasteiger partial charge in [-0.1, -0.05) is 41.4 Å². The number of ether oxygens (including phenoxy) is 2. The second-order valence-electron chi connectivity index (χ2n) is 5.36. The van der Waals surface area contributed by atoms with Gasteiger partial charge in [0.1, 0.15) is 0 Å². The minimum absolute atomic E-state index is 0.560. The third kappa shape index (κ3) is 5.15. The third-order valence-electron chi connectivity index (χ3n) is 3.44. The van der Waals surface area contributed by atoms with Crippen LogP contribution in [0.15, 0.2) is 36.4 Å². The Morgan fingerprint density at radius 1 is 0.913 bits per heavy atom. The van der Waals surface area contributed by atoms with Gasteiger partial charge in [-0.15, -0.1) is 0 Å². The summed E-state index contributed by atoms with van der Waals surface area (Å²) in [7, 11) is 0. The minimum atomic E-state index is 0.560. The maximum absolute atomic E-state index is 6.33. The average molecular weight is 334 g/mol. The Kier molecular flexibility index (Phi) is 6.75. The molecule has 2 rings (SSSR count). The van der Waals surface area contributed by atoms with Gasteiger partial charge in [-0.2, -0.15) is 0 Å². The lowest BCUT2D eigenvalue weighted by Crippen LogP contribution is -2.13. The van der Waals surface area contributed by atoms with E-state index < -0.39 is 0 Å². The van der Waals surface area contributed by atoms with Crippen LogP contribution in [-0.2, 0) is 13.1 Å². The van der Waals surface area contributed by atoms with E-state index >= 15 is 0 Å². The van der Waals surface area contributed by atoms with Crippen LogP contribution in [0.3, 0.4) is 0 Å². The highest BCUT2D eigenvalue weighted by molar-refractivity contribution is 6.32. The number of nitrogens with one attached hydrogen (secondary N) is 1. The quantitative estimate of drug-likeness (QED) is 0.757. The zero-order valence-electron chi connectivity index (χ0n) is 14.0. The lowest BCUT2D eigenvalue weighted by Gasteiger charge is -2.14. The van der Waals surface area contributed by atoms with E-state index in [1.165, 1.54) is 11.1 Å². The van der Waals surface area contributed by atoms with Crippen LogP contribution in [0.4, 0.5) is 0 Å². The molecule has 0 unspecified atom stereocenters. The van der Waals surface area contributed by atoms with E-state index in [-0.39, 0.29) is 0 Å². The maximum Gasteiger partial charge on any atom is 0.179 e. The van der Waals surface area contributed by atoms with Crippen molar-refractivity contribution in [2.45, 2.75) is 33.9 Å². The first-order valence-electron chi connectivity index (χ1n) is 7.98. The van der Waals surface area contributed by atoms with Crippen LogP contribution >= 0.6 is 11.6 Å². The van der Waals surface area contributed by atoms with Crippen molar-refractivity contribution < 1.29 is 9.47 Å². The molecule has 0 heterocycles. The van der Waals surface area contributed by atoms with Crippen molar-refractivity contribution in [1.29, 1.82) is 0 Å². The second-order valence-corrected chi connectivity index (χ2v) is 5.77. The summed E-state index contributed by atoms with van der Waals surface area (Å²) in [6, 6.07) is 12.4. The van der Waals surface area contributed by atoms with Crippen LogP contribution in [0, 0.1) is 6.92 Å². The molecule has 0 spiro atoms. The molecule has 2 aromatic carbocycles. The van der Waals surface area contributed by atoms with Gasteiger partial charge in [-0.25, -0.2) is 0 Å². The maximum atomic E-state index is 6.33. The summed E-state index contributed by atoms with van der Waals surface area (Å²) in [6.45, 7) is 8.65. The van der Waals surface area contributed by atoms with E-state index in [4.69, 9.17) is 21.1 Å². The van der Waals surface area contributed by atoms with Gasteiger partial charge in [0.2, 0.25) is 0 Å². The number of benzene rings is 2. The average Bonchev–Trinajstić information content (AvgIpc) is 2.53. The summed E-state index contributed by atoms with van der Waals surface area (Å²) in [6.07, 6.45) is 0. The fourth-order valence-corrected chi connectivity index (χ4v) is 2.62. The van der Waals surface area contributed by atoms with E-state index in [0.717, 1.165) is 18.7 Å². The molecular formula is C19H24ClNO2. The Labute approximate surface area is 143 Å².